The van der Waals surface area contributed by atoms with Gasteiger partial charge in [0, 0.05) is 37.6 Å². The van der Waals surface area contributed by atoms with Gasteiger partial charge in [-0.3, -0.25) is 4.90 Å². The summed E-state index contributed by atoms with van der Waals surface area (Å²) in [6.07, 6.45) is 0.953. The molecule has 132 valence electrons. The molecule has 0 spiro atoms. The van der Waals surface area contributed by atoms with Crippen molar-refractivity contribution in [2.45, 2.75) is 19.4 Å². The van der Waals surface area contributed by atoms with E-state index in [1.807, 2.05) is 24.3 Å². The summed E-state index contributed by atoms with van der Waals surface area (Å²) in [6.45, 7) is 10.4. The maximum atomic E-state index is 10.1. The molecule has 5 heteroatoms. The summed E-state index contributed by atoms with van der Waals surface area (Å²) in [6, 6.07) is 12.3. The third-order valence-corrected chi connectivity index (χ3v) is 4.43. The Hall–Kier alpha value is -1.26. The fourth-order valence-corrected chi connectivity index (χ4v) is 3.36. The zero-order valence-electron chi connectivity index (χ0n) is 14.0. The van der Waals surface area contributed by atoms with Gasteiger partial charge in [0.25, 0.3) is 0 Å². The molecule has 1 saturated heterocycles. The monoisotopic (exact) mass is 368 g/mol. The van der Waals surface area contributed by atoms with Crippen LogP contribution in [-0.4, -0.2) is 36.2 Å². The Bertz CT molecular complexity index is 684. The van der Waals surface area contributed by atoms with Crippen LogP contribution in [0.1, 0.15) is 24.9 Å². The molecular weight excluding hydrogens is 343 g/mol. The lowest BCUT2D eigenvalue weighted by molar-refractivity contribution is 0.173. The minimum atomic E-state index is 0. The Morgan fingerprint density at radius 3 is 2.38 bits per heavy atom. The highest BCUT2D eigenvalue weighted by atomic mass is 35.5. The predicted molar refractivity (Wildman–Crippen MR) is 107 cm³/mol. The summed E-state index contributed by atoms with van der Waals surface area (Å²) >= 11 is 0. The van der Waals surface area contributed by atoms with Crippen LogP contribution in [0.5, 0.6) is 5.75 Å². The number of phenolic OH excluding ortho intramolecular Hbond substituents is 1. The Labute approximate surface area is 156 Å². The van der Waals surface area contributed by atoms with Crippen LogP contribution in [0.25, 0.3) is 10.8 Å². The zero-order valence-corrected chi connectivity index (χ0v) is 15.6. The Morgan fingerprint density at radius 1 is 1.12 bits per heavy atom. The van der Waals surface area contributed by atoms with Crippen LogP contribution in [0.3, 0.4) is 0 Å². The first-order valence-corrected chi connectivity index (χ1v) is 7.96. The molecule has 3 rings (SSSR count). The zero-order chi connectivity index (χ0) is 15.5. The minimum Gasteiger partial charge on any atom is -0.507 e. The van der Waals surface area contributed by atoms with E-state index in [-0.39, 0.29) is 24.8 Å². The molecule has 1 heterocycles. The van der Waals surface area contributed by atoms with Crippen LogP contribution >= 0.6 is 24.8 Å². The van der Waals surface area contributed by atoms with Crippen molar-refractivity contribution >= 4 is 35.6 Å². The van der Waals surface area contributed by atoms with E-state index in [4.69, 9.17) is 0 Å². The molecular formula is C19H26Cl2N2O. The van der Waals surface area contributed by atoms with Crippen LogP contribution in [0, 0.1) is 0 Å². The van der Waals surface area contributed by atoms with E-state index in [9.17, 15) is 5.11 Å². The summed E-state index contributed by atoms with van der Waals surface area (Å²) < 4.78 is 0. The molecule has 1 aliphatic heterocycles. The lowest BCUT2D eigenvalue weighted by atomic mass is 9.93. The average Bonchev–Trinajstić information content (AvgIpc) is 2.54. The van der Waals surface area contributed by atoms with E-state index < -0.39 is 0 Å². The molecule has 24 heavy (non-hydrogen) atoms. The van der Waals surface area contributed by atoms with Gasteiger partial charge in [0.2, 0.25) is 0 Å². The number of nitrogens with zero attached hydrogens (tertiary/aromatic N) is 1. The minimum absolute atomic E-state index is 0. The Morgan fingerprint density at radius 2 is 1.75 bits per heavy atom. The molecule has 1 fully saturated rings. The largest absolute Gasteiger partial charge is 0.507 e. The van der Waals surface area contributed by atoms with Crippen LogP contribution in [0.15, 0.2) is 48.6 Å². The predicted octanol–water partition coefficient (Wildman–Crippen LogP) is 4.30. The number of hydrogen-bond donors (Lipinski definition) is 2. The first kappa shape index (κ1) is 20.8. The molecule has 2 aromatic carbocycles. The van der Waals surface area contributed by atoms with Gasteiger partial charge >= 0.3 is 0 Å². The van der Waals surface area contributed by atoms with E-state index in [2.05, 4.69) is 35.9 Å². The van der Waals surface area contributed by atoms with Crippen LogP contribution in [0.2, 0.25) is 0 Å². The van der Waals surface area contributed by atoms with Gasteiger partial charge in [0.1, 0.15) is 5.75 Å². The van der Waals surface area contributed by atoms with E-state index in [0.29, 0.717) is 11.8 Å². The van der Waals surface area contributed by atoms with Gasteiger partial charge in [-0.1, -0.05) is 35.9 Å². The van der Waals surface area contributed by atoms with Gasteiger partial charge in [-0.15, -0.1) is 31.4 Å². The van der Waals surface area contributed by atoms with Crippen LogP contribution in [0.4, 0.5) is 0 Å². The number of halogens is 2. The number of rotatable bonds is 4. The molecule has 0 radical (unpaired) electrons. The van der Waals surface area contributed by atoms with E-state index in [0.717, 1.165) is 43.4 Å². The molecule has 2 N–H and O–H groups in total. The quantitative estimate of drug-likeness (QED) is 0.789. The highest BCUT2D eigenvalue weighted by Crippen LogP contribution is 2.36. The van der Waals surface area contributed by atoms with Crippen molar-refractivity contribution in [3.05, 3.63) is 54.1 Å². The van der Waals surface area contributed by atoms with Crippen molar-refractivity contribution in [3.63, 3.8) is 0 Å². The number of piperazine rings is 1. The number of hydrogen-bond acceptors (Lipinski definition) is 3. The lowest BCUT2D eigenvalue weighted by Gasteiger charge is -2.36. The highest BCUT2D eigenvalue weighted by molar-refractivity contribution is 5.91. The van der Waals surface area contributed by atoms with Crippen LogP contribution in [-0.2, 0) is 0 Å². The maximum absolute atomic E-state index is 10.1. The van der Waals surface area contributed by atoms with E-state index in [1.54, 1.807) is 0 Å². The highest BCUT2D eigenvalue weighted by Gasteiger charge is 2.24. The average molecular weight is 369 g/mol. The topological polar surface area (TPSA) is 35.5 Å². The Kier molecular flexibility index (Phi) is 8.04. The molecule has 1 atom stereocenters. The third-order valence-electron chi connectivity index (χ3n) is 4.43. The second kappa shape index (κ2) is 9.28. The molecule has 0 aliphatic carbocycles. The third kappa shape index (κ3) is 4.42. The summed E-state index contributed by atoms with van der Waals surface area (Å²) in [5, 5.41) is 15.6. The molecule has 0 saturated carbocycles. The SMILES string of the molecule is C=C(C)C[C@H](c1ccc(O)c2ccccc12)N1CCNCC1.Cl.Cl. The number of benzene rings is 2. The maximum Gasteiger partial charge on any atom is 0.123 e. The number of phenols is 1. The van der Waals surface area contributed by atoms with Gasteiger partial charge in [0.15, 0.2) is 0 Å². The van der Waals surface area contributed by atoms with Crippen LogP contribution < -0.4 is 5.32 Å². The molecule has 3 nitrogen and oxygen atoms in total. The fraction of sp³-hybridized carbons (Fsp3) is 0.368. The standard InChI is InChI=1S/C19H24N2O.2ClH/c1-14(2)13-18(21-11-9-20-10-12-21)16-7-8-19(22)17-6-4-3-5-15(16)17;;/h3-8,18,20,22H,1,9-13H2,2H3;2*1H/t18-;;/m1../s1. The normalized spacial score (nSPS) is 16.0. The summed E-state index contributed by atoms with van der Waals surface area (Å²) in [4.78, 5) is 2.53. The Balaban J connectivity index is 0.00000144. The van der Waals surface area contributed by atoms with Gasteiger partial charge in [-0.25, -0.2) is 0 Å². The fourth-order valence-electron chi connectivity index (χ4n) is 3.36. The number of aromatic hydroxyl groups is 1. The van der Waals surface area contributed by atoms with Crippen molar-refractivity contribution in [1.82, 2.24) is 10.2 Å². The second-order valence-electron chi connectivity index (χ2n) is 6.18. The molecule has 1 aliphatic rings. The smallest absolute Gasteiger partial charge is 0.123 e. The van der Waals surface area contributed by atoms with Gasteiger partial charge in [-0.05, 0) is 30.4 Å². The number of fused-ring (bicyclic) bond motifs is 1. The van der Waals surface area contributed by atoms with Gasteiger partial charge < -0.3 is 10.4 Å². The number of nitrogens with one attached hydrogen (secondary N) is 1. The van der Waals surface area contributed by atoms with Crippen molar-refractivity contribution in [3.8, 4) is 5.75 Å². The second-order valence-corrected chi connectivity index (χ2v) is 6.18. The lowest BCUT2D eigenvalue weighted by Crippen LogP contribution is -2.45. The molecule has 0 unspecified atom stereocenters. The molecule has 0 aromatic heterocycles. The molecule has 0 bridgehead atoms. The first-order valence-electron chi connectivity index (χ1n) is 7.96. The molecule has 0 amide bonds. The summed E-state index contributed by atoms with van der Waals surface area (Å²) in [5.74, 6) is 0.355. The summed E-state index contributed by atoms with van der Waals surface area (Å²) in [5.41, 5.74) is 2.49. The van der Waals surface area contributed by atoms with Crippen molar-refractivity contribution < 1.29 is 5.11 Å². The van der Waals surface area contributed by atoms with Crippen molar-refractivity contribution in [1.29, 1.82) is 0 Å². The molecule has 2 aromatic rings. The van der Waals surface area contributed by atoms with Crippen molar-refractivity contribution in [2.75, 3.05) is 26.2 Å². The first-order chi connectivity index (χ1) is 10.7. The van der Waals surface area contributed by atoms with Gasteiger partial charge in [-0.2, -0.15) is 0 Å². The van der Waals surface area contributed by atoms with Gasteiger partial charge in [0.05, 0.1) is 0 Å². The van der Waals surface area contributed by atoms with Crippen molar-refractivity contribution in [2.24, 2.45) is 0 Å². The van der Waals surface area contributed by atoms with E-state index in [1.165, 1.54) is 11.1 Å². The summed E-state index contributed by atoms with van der Waals surface area (Å²) in [7, 11) is 0. The van der Waals surface area contributed by atoms with E-state index >= 15 is 0 Å².